The highest BCUT2D eigenvalue weighted by Gasteiger charge is 2.54. The number of methoxy groups -OCH3 is 1. The summed E-state index contributed by atoms with van der Waals surface area (Å²) in [5, 5.41) is 6.52. The fourth-order valence-electron chi connectivity index (χ4n) is 4.78. The predicted octanol–water partition coefficient (Wildman–Crippen LogP) is 4.95. The van der Waals surface area contributed by atoms with Gasteiger partial charge in [0.25, 0.3) is 5.91 Å². The molecule has 2 amide bonds. The van der Waals surface area contributed by atoms with Gasteiger partial charge in [0, 0.05) is 34.7 Å². The van der Waals surface area contributed by atoms with Crippen molar-refractivity contribution < 1.29 is 28.4 Å². The van der Waals surface area contributed by atoms with E-state index in [-0.39, 0.29) is 29.9 Å². The summed E-state index contributed by atoms with van der Waals surface area (Å²) in [6.45, 7) is 0.0105. The number of benzene rings is 2. The third-order valence-electron chi connectivity index (χ3n) is 7.08. The third kappa shape index (κ3) is 6.97. The van der Waals surface area contributed by atoms with Crippen LogP contribution in [0.25, 0.3) is 17.3 Å². The number of rotatable bonds is 11. The van der Waals surface area contributed by atoms with E-state index in [0.717, 1.165) is 16.0 Å². The maximum atomic E-state index is 13.6. The number of pyridine rings is 1. The summed E-state index contributed by atoms with van der Waals surface area (Å²) in [5.74, 6) is 0.475. The lowest BCUT2D eigenvalue weighted by Gasteiger charge is -2.49. The maximum Gasteiger partial charge on any atom is 0.355 e. The first kappa shape index (κ1) is 30.2. The fraction of sp³-hybridized carbons (Fsp3) is 0.182. The van der Waals surface area contributed by atoms with Crippen molar-refractivity contribution in [1.82, 2.24) is 20.4 Å². The molecule has 1 saturated heterocycles. The molecule has 10 nitrogen and oxygen atoms in total. The Bertz CT molecular complexity index is 1740. The Morgan fingerprint density at radius 2 is 1.93 bits per heavy atom. The van der Waals surface area contributed by atoms with Crippen molar-refractivity contribution in [1.29, 1.82) is 0 Å². The van der Waals surface area contributed by atoms with E-state index in [4.69, 9.17) is 14.0 Å². The van der Waals surface area contributed by atoms with Crippen LogP contribution in [0, 0.1) is 0 Å². The van der Waals surface area contributed by atoms with Crippen molar-refractivity contribution >= 4 is 47.4 Å². The summed E-state index contributed by atoms with van der Waals surface area (Å²) < 4.78 is 16.4. The molecule has 4 heterocycles. The van der Waals surface area contributed by atoms with Crippen LogP contribution in [0.4, 0.5) is 0 Å². The lowest BCUT2D eigenvalue weighted by molar-refractivity contribution is -0.153. The Morgan fingerprint density at radius 1 is 1.11 bits per heavy atom. The van der Waals surface area contributed by atoms with Crippen molar-refractivity contribution in [2.45, 2.75) is 22.9 Å². The number of hydrogen-bond donors (Lipinski definition) is 1. The van der Waals surface area contributed by atoms with E-state index < -0.39 is 17.4 Å². The van der Waals surface area contributed by atoms with Gasteiger partial charge in [0.15, 0.2) is 5.76 Å². The van der Waals surface area contributed by atoms with Crippen LogP contribution in [0.5, 0.6) is 5.75 Å². The molecule has 2 aliphatic rings. The summed E-state index contributed by atoms with van der Waals surface area (Å²) >= 11 is 2.86. The van der Waals surface area contributed by atoms with Gasteiger partial charge in [-0.2, -0.15) is 0 Å². The van der Waals surface area contributed by atoms with Crippen molar-refractivity contribution in [3.63, 3.8) is 0 Å². The molecule has 0 saturated carbocycles. The number of fused-ring (bicyclic) bond motifs is 1. The molecule has 0 spiro atoms. The van der Waals surface area contributed by atoms with E-state index in [2.05, 4.69) is 15.5 Å². The first-order valence-corrected chi connectivity index (χ1v) is 16.0. The Morgan fingerprint density at radius 3 is 2.69 bits per heavy atom. The van der Waals surface area contributed by atoms with Gasteiger partial charge in [-0.05, 0) is 53.6 Å². The number of ether oxygens (including phenoxy) is 2. The summed E-state index contributed by atoms with van der Waals surface area (Å²) in [6, 6.07) is 21.4. The van der Waals surface area contributed by atoms with Crippen LogP contribution < -0.4 is 10.1 Å². The highest BCUT2D eigenvalue weighted by atomic mass is 32.2. The summed E-state index contributed by atoms with van der Waals surface area (Å²) in [6.07, 6.45) is 6.80. The summed E-state index contributed by atoms with van der Waals surface area (Å²) in [4.78, 5) is 46.2. The standard InChI is InChI=1S/C33H28N4O6S2/c1-41-24-12-9-21(10-13-24)18-42-33(40)30-23(11-14-25-16-27(36-43-25)22-6-5-15-34-17-22)19-45-32-29(31(39)37(30)32)35-28(38)20-44-26-7-3-2-4-8-26/h2-17,29,32H,18-20H2,1H3,(H,35,38)/b14-11+/t29-,32?/m1/s1. The molecule has 4 aromatic rings. The quantitative estimate of drug-likeness (QED) is 0.137. The molecule has 1 unspecified atom stereocenters. The number of nitrogens with zero attached hydrogens (tertiary/aromatic N) is 3. The maximum absolute atomic E-state index is 13.6. The second kappa shape index (κ2) is 13.9. The van der Waals surface area contributed by atoms with E-state index in [1.54, 1.807) is 62.0 Å². The molecule has 2 aromatic heterocycles. The van der Waals surface area contributed by atoms with Crippen molar-refractivity contribution in [2.24, 2.45) is 0 Å². The van der Waals surface area contributed by atoms with E-state index in [1.165, 1.54) is 28.4 Å². The predicted molar refractivity (Wildman–Crippen MR) is 171 cm³/mol. The first-order valence-electron chi connectivity index (χ1n) is 14.0. The topological polar surface area (TPSA) is 124 Å². The minimum absolute atomic E-state index is 0.0105. The van der Waals surface area contributed by atoms with Crippen LogP contribution in [0.1, 0.15) is 11.3 Å². The molecule has 0 aliphatic carbocycles. The number of carbonyl (C=O) groups is 3. The zero-order valence-corrected chi connectivity index (χ0v) is 25.8. The molecular formula is C33H28N4O6S2. The van der Waals surface area contributed by atoms with Gasteiger partial charge >= 0.3 is 5.97 Å². The smallest absolute Gasteiger partial charge is 0.355 e. The van der Waals surface area contributed by atoms with E-state index in [1.807, 2.05) is 42.5 Å². The number of hydrogen-bond acceptors (Lipinski definition) is 10. The third-order valence-corrected chi connectivity index (χ3v) is 9.40. The van der Waals surface area contributed by atoms with Gasteiger partial charge in [0.05, 0.1) is 12.9 Å². The molecule has 1 N–H and O–H groups in total. The molecule has 2 aliphatic heterocycles. The monoisotopic (exact) mass is 640 g/mol. The zero-order chi connectivity index (χ0) is 31.2. The van der Waals surface area contributed by atoms with Crippen molar-refractivity contribution in [3.8, 4) is 17.0 Å². The highest BCUT2D eigenvalue weighted by molar-refractivity contribution is 8.00. The minimum Gasteiger partial charge on any atom is -0.497 e. The number of esters is 1. The molecular weight excluding hydrogens is 613 g/mol. The number of amides is 2. The second-order valence-corrected chi connectivity index (χ2v) is 12.2. The summed E-state index contributed by atoms with van der Waals surface area (Å²) in [7, 11) is 1.58. The Kier molecular flexibility index (Phi) is 9.32. The fourth-order valence-corrected chi connectivity index (χ4v) is 6.83. The van der Waals surface area contributed by atoms with E-state index >= 15 is 0 Å². The van der Waals surface area contributed by atoms with E-state index in [0.29, 0.717) is 28.5 Å². The van der Waals surface area contributed by atoms with Crippen LogP contribution >= 0.6 is 23.5 Å². The van der Waals surface area contributed by atoms with Crippen LogP contribution in [0.15, 0.2) is 112 Å². The number of nitrogens with one attached hydrogen (secondary N) is 1. The highest BCUT2D eigenvalue weighted by Crippen LogP contribution is 2.41. The first-order chi connectivity index (χ1) is 22.0. The Balaban J connectivity index is 1.19. The molecule has 0 radical (unpaired) electrons. The molecule has 2 atom stereocenters. The summed E-state index contributed by atoms with van der Waals surface area (Å²) in [5.41, 5.74) is 2.93. The van der Waals surface area contributed by atoms with Gasteiger partial charge in [-0.1, -0.05) is 41.6 Å². The van der Waals surface area contributed by atoms with Gasteiger partial charge < -0.3 is 19.3 Å². The Labute approximate surface area is 267 Å². The van der Waals surface area contributed by atoms with Gasteiger partial charge in [0.1, 0.15) is 35.2 Å². The number of thioether (sulfide) groups is 2. The van der Waals surface area contributed by atoms with Crippen molar-refractivity contribution in [3.05, 3.63) is 114 Å². The van der Waals surface area contributed by atoms with Gasteiger partial charge in [-0.15, -0.1) is 23.5 Å². The Hall–Kier alpha value is -4.81. The zero-order valence-electron chi connectivity index (χ0n) is 24.1. The van der Waals surface area contributed by atoms with Crippen LogP contribution in [-0.4, -0.2) is 62.9 Å². The SMILES string of the molecule is COc1ccc(COC(=O)C2=C(/C=C/c3cc(-c4cccnc4)no3)CSC3[C@H](NC(=O)CSc4ccccc4)C(=O)N23)cc1. The van der Waals surface area contributed by atoms with Crippen LogP contribution in [0.3, 0.4) is 0 Å². The molecule has 45 heavy (non-hydrogen) atoms. The minimum atomic E-state index is -0.745. The lowest BCUT2D eigenvalue weighted by atomic mass is 10.0. The van der Waals surface area contributed by atoms with Gasteiger partial charge in [-0.25, -0.2) is 4.79 Å². The molecule has 12 heteroatoms. The molecule has 228 valence electrons. The van der Waals surface area contributed by atoms with Crippen LogP contribution in [-0.2, 0) is 25.7 Å². The van der Waals surface area contributed by atoms with Crippen LogP contribution in [0.2, 0.25) is 0 Å². The number of aromatic nitrogens is 2. The van der Waals surface area contributed by atoms with E-state index in [9.17, 15) is 14.4 Å². The average molecular weight is 641 g/mol. The van der Waals surface area contributed by atoms with Gasteiger partial charge in [-0.3, -0.25) is 19.5 Å². The molecule has 0 bridgehead atoms. The normalized spacial score (nSPS) is 17.5. The molecule has 6 rings (SSSR count). The molecule has 2 aromatic carbocycles. The lowest BCUT2D eigenvalue weighted by Crippen LogP contribution is -2.70. The number of carbonyl (C=O) groups excluding carboxylic acids is 3. The number of β-lactam (4-membered cyclic amide) rings is 1. The largest absolute Gasteiger partial charge is 0.497 e. The average Bonchev–Trinajstić information content (AvgIpc) is 3.57. The second-order valence-electron chi connectivity index (χ2n) is 10.0. The molecule has 1 fully saturated rings. The van der Waals surface area contributed by atoms with Crippen molar-refractivity contribution in [2.75, 3.05) is 18.6 Å². The number of allylic oxidation sites excluding steroid dienone is 1. The van der Waals surface area contributed by atoms with Gasteiger partial charge in [0.2, 0.25) is 5.91 Å².